The molecule has 394 valence electrons. The van der Waals surface area contributed by atoms with Gasteiger partial charge in [-0.25, -0.2) is 4.79 Å². The molecule has 0 unspecified atom stereocenters. The van der Waals surface area contributed by atoms with E-state index >= 15 is 0 Å². The molecule has 0 aliphatic rings. The molecule has 11 atom stereocenters. The van der Waals surface area contributed by atoms with Crippen LogP contribution in [-0.4, -0.2) is 188 Å². The molecule has 0 aliphatic heterocycles. The molecule has 18 N–H and O–H groups in total. The minimum absolute atomic E-state index is 0.0534. The Labute approximate surface area is 403 Å². The molecule has 0 spiro atoms. The van der Waals surface area contributed by atoms with Gasteiger partial charge in [0.25, 0.3) is 0 Å². The van der Waals surface area contributed by atoms with E-state index in [2.05, 4.69) is 47.9 Å². The van der Waals surface area contributed by atoms with Gasteiger partial charge in [-0.05, 0) is 63.1 Å². The predicted molar refractivity (Wildman–Crippen MR) is 245 cm³/mol. The summed E-state index contributed by atoms with van der Waals surface area (Å²) < 4.78 is 0. The van der Waals surface area contributed by atoms with Gasteiger partial charge >= 0.3 is 5.97 Å². The molecule has 0 saturated heterocycles. The normalized spacial score (nSPS) is 15.9. The van der Waals surface area contributed by atoms with Crippen molar-refractivity contribution in [2.75, 3.05) is 26.4 Å². The van der Waals surface area contributed by atoms with Crippen molar-refractivity contribution in [3.8, 4) is 5.75 Å². The SMILES string of the molecule is CC(C)C[C@H](NC(=O)[C@H](Cc1ccc(O)cc1)NC(=O)[C@H](CC(C)C)NC(=O)[C@@H](NC(=O)[C@H](CO)NC(=O)[C@H](CO)NC(=O)[C@H](C)NC(=O)[C@H](CO)NC(=O)[C@H](CO)NC(=O)[C@H](C)N)[C@@H](C)O)C(=O)O. The van der Waals surface area contributed by atoms with Crippen molar-refractivity contribution in [3.05, 3.63) is 29.8 Å². The van der Waals surface area contributed by atoms with Gasteiger partial charge < -0.3 is 89.3 Å². The lowest BCUT2D eigenvalue weighted by atomic mass is 9.99. The fourth-order valence-electron chi connectivity index (χ4n) is 6.24. The van der Waals surface area contributed by atoms with Crippen LogP contribution in [0.3, 0.4) is 0 Å². The minimum Gasteiger partial charge on any atom is -0.508 e. The maximum absolute atomic E-state index is 13.9. The number of amides is 9. The van der Waals surface area contributed by atoms with E-state index < -0.39 is 152 Å². The summed E-state index contributed by atoms with van der Waals surface area (Å²) >= 11 is 0. The van der Waals surface area contributed by atoms with Crippen LogP contribution in [0.15, 0.2) is 24.3 Å². The van der Waals surface area contributed by atoms with Crippen molar-refractivity contribution >= 4 is 59.1 Å². The number of carbonyl (C=O) groups excluding carboxylic acids is 9. The van der Waals surface area contributed by atoms with Gasteiger partial charge in [-0.3, -0.25) is 43.2 Å². The van der Waals surface area contributed by atoms with Crippen molar-refractivity contribution in [3.63, 3.8) is 0 Å². The molecule has 0 fully saturated rings. The van der Waals surface area contributed by atoms with Crippen LogP contribution in [0.5, 0.6) is 5.75 Å². The Morgan fingerprint density at radius 2 is 0.800 bits per heavy atom. The molecule has 0 saturated carbocycles. The van der Waals surface area contributed by atoms with E-state index in [4.69, 9.17) is 5.73 Å². The number of aliphatic hydroxyl groups is 5. The molecule has 9 amide bonds. The van der Waals surface area contributed by atoms with Crippen LogP contribution < -0.4 is 53.6 Å². The number of aliphatic hydroxyl groups excluding tert-OH is 5. The lowest BCUT2D eigenvalue weighted by molar-refractivity contribution is -0.143. The number of phenolic OH excluding ortho intramolecular Hbond substituents is 1. The van der Waals surface area contributed by atoms with Crippen LogP contribution in [0, 0.1) is 11.8 Å². The highest BCUT2D eigenvalue weighted by Crippen LogP contribution is 2.14. The number of carbonyl (C=O) groups is 10. The van der Waals surface area contributed by atoms with Crippen LogP contribution >= 0.6 is 0 Å². The Hall–Kier alpha value is -6.52. The number of carboxylic acid groups (broad SMARTS) is 1. The largest absolute Gasteiger partial charge is 0.508 e. The van der Waals surface area contributed by atoms with Gasteiger partial charge in [0, 0.05) is 6.42 Å². The zero-order valence-electron chi connectivity index (χ0n) is 40.1. The summed E-state index contributed by atoms with van der Waals surface area (Å²) in [6.45, 7) is 6.30. The maximum atomic E-state index is 13.9. The Kier molecular flexibility index (Phi) is 26.5. The molecule has 1 aromatic carbocycles. The van der Waals surface area contributed by atoms with E-state index in [-0.39, 0.29) is 36.8 Å². The molecule has 1 rings (SSSR count). The van der Waals surface area contributed by atoms with Gasteiger partial charge in [0.2, 0.25) is 53.2 Å². The summed E-state index contributed by atoms with van der Waals surface area (Å²) in [6.07, 6.45) is -1.85. The van der Waals surface area contributed by atoms with E-state index in [9.17, 15) is 83.7 Å². The molecule has 0 aromatic heterocycles. The summed E-state index contributed by atoms with van der Waals surface area (Å²) in [7, 11) is 0. The molecule has 27 heteroatoms. The van der Waals surface area contributed by atoms with Gasteiger partial charge in [0.1, 0.15) is 60.1 Å². The second-order valence-corrected chi connectivity index (χ2v) is 17.4. The Balaban J connectivity index is 3.15. The third-order valence-electron chi connectivity index (χ3n) is 10.2. The third kappa shape index (κ3) is 21.0. The first-order chi connectivity index (χ1) is 32.7. The highest BCUT2D eigenvalue weighted by molar-refractivity contribution is 5.98. The predicted octanol–water partition coefficient (Wildman–Crippen LogP) is -6.81. The second-order valence-electron chi connectivity index (χ2n) is 17.4. The van der Waals surface area contributed by atoms with Gasteiger partial charge in [-0.1, -0.05) is 39.8 Å². The summed E-state index contributed by atoms with van der Waals surface area (Å²) in [5.41, 5.74) is 5.90. The Morgan fingerprint density at radius 3 is 1.21 bits per heavy atom. The number of nitrogens with two attached hydrogens (primary N) is 1. The standard InChI is InChI=1S/C43H70N10O17/c1-19(2)12-26(36(62)46-27(14-24-8-10-25(59)11-9-24)37(63)48-28(43(69)70)13-20(3)4)47-42(68)33(23(7)58)53-41(67)32(18-57)52-40(66)31(17-56)50-35(61)22(6)45-38(64)29(15-54)51-39(65)30(16-55)49-34(60)21(5)44/h8-11,19-23,26-33,54-59H,12-18,44H2,1-7H3,(H,45,64)(H,46,62)(H,47,68)(H,48,63)(H,49,60)(H,50,61)(H,51,65)(H,52,66)(H,53,67)(H,69,70)/t21-,22-,23+,26-,27-,28-,29-,30-,31-,32-,33-/m0/s1. The molecular weight excluding hydrogens is 929 g/mol. The first-order valence-electron chi connectivity index (χ1n) is 22.3. The zero-order valence-corrected chi connectivity index (χ0v) is 40.1. The Morgan fingerprint density at radius 1 is 0.457 bits per heavy atom. The molecule has 0 radical (unpaired) electrons. The number of phenols is 1. The first-order valence-corrected chi connectivity index (χ1v) is 22.3. The van der Waals surface area contributed by atoms with Gasteiger partial charge in [0.05, 0.1) is 38.6 Å². The van der Waals surface area contributed by atoms with Crippen LogP contribution in [0.4, 0.5) is 0 Å². The van der Waals surface area contributed by atoms with Gasteiger partial charge in [-0.15, -0.1) is 0 Å². The van der Waals surface area contributed by atoms with Crippen molar-refractivity contribution in [2.45, 2.75) is 134 Å². The lowest BCUT2D eigenvalue weighted by Crippen LogP contribution is -2.63. The van der Waals surface area contributed by atoms with Crippen molar-refractivity contribution in [2.24, 2.45) is 17.6 Å². The van der Waals surface area contributed by atoms with Crippen LogP contribution in [0.1, 0.15) is 66.9 Å². The van der Waals surface area contributed by atoms with E-state index in [1.165, 1.54) is 31.2 Å². The van der Waals surface area contributed by atoms with Crippen molar-refractivity contribution in [1.29, 1.82) is 0 Å². The average Bonchev–Trinajstić information content (AvgIpc) is 3.28. The number of hydrogen-bond donors (Lipinski definition) is 17. The summed E-state index contributed by atoms with van der Waals surface area (Å²) in [6, 6.07) is -9.91. The number of rotatable bonds is 30. The monoisotopic (exact) mass is 998 g/mol. The Bertz CT molecular complexity index is 1950. The quantitative estimate of drug-likeness (QED) is 0.0341. The molecule has 0 heterocycles. The third-order valence-corrected chi connectivity index (χ3v) is 10.2. The highest BCUT2D eigenvalue weighted by Gasteiger charge is 2.36. The fraction of sp³-hybridized carbons (Fsp3) is 0.628. The number of benzene rings is 1. The van der Waals surface area contributed by atoms with Crippen molar-refractivity contribution in [1.82, 2.24) is 47.9 Å². The number of nitrogens with one attached hydrogen (secondary N) is 9. The smallest absolute Gasteiger partial charge is 0.326 e. The number of aromatic hydroxyl groups is 1. The molecule has 1 aromatic rings. The number of carboxylic acids is 1. The lowest BCUT2D eigenvalue weighted by Gasteiger charge is -2.28. The first kappa shape index (κ1) is 61.5. The molecule has 0 aliphatic carbocycles. The van der Waals surface area contributed by atoms with Crippen LogP contribution in [-0.2, 0) is 54.4 Å². The van der Waals surface area contributed by atoms with E-state index in [1.807, 2.05) is 0 Å². The van der Waals surface area contributed by atoms with E-state index in [0.29, 0.717) is 5.56 Å². The average molecular weight is 999 g/mol. The second kappa shape index (κ2) is 30.2. The summed E-state index contributed by atoms with van der Waals surface area (Å²) in [5.74, 6) is -11.4. The fourth-order valence-corrected chi connectivity index (χ4v) is 6.24. The van der Waals surface area contributed by atoms with Crippen molar-refractivity contribution < 1.29 is 83.7 Å². The van der Waals surface area contributed by atoms with Gasteiger partial charge in [0.15, 0.2) is 0 Å². The molecule has 0 bridgehead atoms. The summed E-state index contributed by atoms with van der Waals surface area (Å²) in [5, 5.41) is 89.5. The number of hydrogen-bond acceptors (Lipinski definition) is 17. The zero-order chi connectivity index (χ0) is 53.6. The maximum Gasteiger partial charge on any atom is 0.326 e. The topological polar surface area (TPSA) is 447 Å². The molecule has 27 nitrogen and oxygen atoms in total. The van der Waals surface area contributed by atoms with E-state index in [0.717, 1.165) is 13.8 Å². The number of aliphatic carboxylic acids is 1. The molecular formula is C43H70N10O17. The molecule has 70 heavy (non-hydrogen) atoms. The van der Waals surface area contributed by atoms with E-state index in [1.54, 1.807) is 27.7 Å². The minimum atomic E-state index is -1.89. The van der Waals surface area contributed by atoms with Gasteiger partial charge in [-0.2, -0.15) is 0 Å². The van der Waals surface area contributed by atoms with Crippen LogP contribution in [0.2, 0.25) is 0 Å². The highest BCUT2D eigenvalue weighted by atomic mass is 16.4. The summed E-state index contributed by atoms with van der Waals surface area (Å²) in [4.78, 5) is 130. The van der Waals surface area contributed by atoms with Crippen LogP contribution in [0.25, 0.3) is 0 Å².